The van der Waals surface area contributed by atoms with Gasteiger partial charge in [-0.3, -0.25) is 0 Å². The van der Waals surface area contributed by atoms with Gasteiger partial charge in [-0.1, -0.05) is 0 Å². The zero-order valence-corrected chi connectivity index (χ0v) is 9.07. The van der Waals surface area contributed by atoms with Crippen LogP contribution in [0, 0.1) is 0 Å². The highest BCUT2D eigenvalue weighted by molar-refractivity contribution is 5.36. The summed E-state index contributed by atoms with van der Waals surface area (Å²) in [5.74, 6) is -13.5. The van der Waals surface area contributed by atoms with Crippen LogP contribution in [-0.2, 0) is 4.74 Å². The van der Waals surface area contributed by atoms with Gasteiger partial charge >= 0.3 is 24.4 Å². The summed E-state index contributed by atoms with van der Waals surface area (Å²) < 4.78 is 137. The molecule has 0 spiro atoms. The summed E-state index contributed by atoms with van der Waals surface area (Å²) in [6, 6.07) is 0. The zero-order valence-electron chi connectivity index (χ0n) is 9.07. The maximum Gasteiger partial charge on any atom is 0.460 e. The van der Waals surface area contributed by atoms with Crippen LogP contribution in [0.5, 0.6) is 0 Å². The standard InChI is InChI=1S/C8H3F11O/c1-20-3(5(10)11)2(7(14,15)16)4(9)6(12,13)8(17,18)19/h1H3/b4-2-. The van der Waals surface area contributed by atoms with E-state index in [0.717, 1.165) is 0 Å². The van der Waals surface area contributed by atoms with E-state index in [1.165, 1.54) is 0 Å². The predicted molar refractivity (Wildman–Crippen MR) is 41.4 cm³/mol. The summed E-state index contributed by atoms with van der Waals surface area (Å²) >= 11 is 0. The molecule has 0 atom stereocenters. The van der Waals surface area contributed by atoms with Gasteiger partial charge in [-0.15, -0.1) is 0 Å². The van der Waals surface area contributed by atoms with E-state index < -0.39 is 41.5 Å². The maximum atomic E-state index is 12.9. The molecule has 0 aliphatic heterocycles. The SMILES string of the molecule is COC(=C(F)F)/C(=C(/F)C(F)(F)C(F)(F)F)C(F)(F)F. The number of ether oxygens (including phenoxy) is 1. The van der Waals surface area contributed by atoms with E-state index in [2.05, 4.69) is 4.74 Å². The highest BCUT2D eigenvalue weighted by atomic mass is 19.4. The Balaban J connectivity index is 6.43. The smallest absolute Gasteiger partial charge is 0.460 e. The van der Waals surface area contributed by atoms with Crippen LogP contribution in [0.1, 0.15) is 0 Å². The van der Waals surface area contributed by atoms with Gasteiger partial charge < -0.3 is 4.74 Å². The first kappa shape index (κ1) is 18.5. The van der Waals surface area contributed by atoms with Gasteiger partial charge in [-0.2, -0.15) is 43.9 Å². The Morgan fingerprint density at radius 2 is 1.20 bits per heavy atom. The lowest BCUT2D eigenvalue weighted by Crippen LogP contribution is -2.39. The minimum Gasteiger partial charge on any atom is -0.491 e. The van der Waals surface area contributed by atoms with E-state index in [9.17, 15) is 48.3 Å². The second-order valence-corrected chi connectivity index (χ2v) is 3.05. The van der Waals surface area contributed by atoms with Gasteiger partial charge in [0.25, 0.3) is 0 Å². The summed E-state index contributed by atoms with van der Waals surface area (Å²) in [5, 5.41) is 0. The van der Waals surface area contributed by atoms with Gasteiger partial charge in [0.05, 0.1) is 7.11 Å². The first-order valence-corrected chi connectivity index (χ1v) is 4.19. The monoisotopic (exact) mass is 324 g/mol. The molecule has 118 valence electrons. The van der Waals surface area contributed by atoms with E-state index in [-0.39, 0.29) is 7.11 Å². The second-order valence-electron chi connectivity index (χ2n) is 3.05. The lowest BCUT2D eigenvalue weighted by atomic mass is 10.1. The quantitative estimate of drug-likeness (QED) is 0.414. The van der Waals surface area contributed by atoms with Crippen LogP contribution in [0.3, 0.4) is 0 Å². The maximum absolute atomic E-state index is 12.9. The zero-order chi connectivity index (χ0) is 16.5. The Hall–Kier alpha value is -1.49. The minimum atomic E-state index is -6.75. The predicted octanol–water partition coefficient (Wildman–Crippen LogP) is 4.72. The normalized spacial score (nSPS) is 14.8. The molecule has 0 heterocycles. The molecule has 0 aliphatic carbocycles. The van der Waals surface area contributed by atoms with Crippen LogP contribution in [0.2, 0.25) is 0 Å². The van der Waals surface area contributed by atoms with Crippen molar-refractivity contribution in [1.29, 1.82) is 0 Å². The molecule has 1 nitrogen and oxygen atoms in total. The number of hydrogen-bond acceptors (Lipinski definition) is 1. The number of allylic oxidation sites excluding steroid dienone is 2. The topological polar surface area (TPSA) is 9.23 Å². The Morgan fingerprint density at radius 1 is 0.800 bits per heavy atom. The number of alkyl halides is 8. The van der Waals surface area contributed by atoms with Crippen molar-refractivity contribution in [3.8, 4) is 0 Å². The van der Waals surface area contributed by atoms with Gasteiger partial charge in [-0.05, 0) is 0 Å². The van der Waals surface area contributed by atoms with Crippen molar-refractivity contribution >= 4 is 0 Å². The molecule has 12 heteroatoms. The highest BCUT2D eigenvalue weighted by Crippen LogP contribution is 2.47. The van der Waals surface area contributed by atoms with Gasteiger partial charge in [0.2, 0.25) is 0 Å². The number of halogens is 11. The molecule has 0 aromatic heterocycles. The molecule has 0 bridgehead atoms. The van der Waals surface area contributed by atoms with Crippen LogP contribution < -0.4 is 0 Å². The summed E-state index contributed by atoms with van der Waals surface area (Å²) in [4.78, 5) is 0. The molecule has 0 saturated carbocycles. The van der Waals surface area contributed by atoms with Crippen LogP contribution in [0.4, 0.5) is 48.3 Å². The van der Waals surface area contributed by atoms with Crippen molar-refractivity contribution in [1.82, 2.24) is 0 Å². The van der Waals surface area contributed by atoms with Crippen LogP contribution in [0.25, 0.3) is 0 Å². The van der Waals surface area contributed by atoms with Crippen LogP contribution in [-0.4, -0.2) is 25.4 Å². The molecule has 0 radical (unpaired) electrons. The highest BCUT2D eigenvalue weighted by Gasteiger charge is 2.64. The Morgan fingerprint density at radius 3 is 1.40 bits per heavy atom. The fourth-order valence-electron chi connectivity index (χ4n) is 0.908. The van der Waals surface area contributed by atoms with E-state index in [0.29, 0.717) is 0 Å². The molecule has 0 aliphatic rings. The lowest BCUT2D eigenvalue weighted by Gasteiger charge is -2.22. The fourth-order valence-corrected chi connectivity index (χ4v) is 0.908. The number of hydrogen-bond donors (Lipinski definition) is 0. The third-order valence-corrected chi connectivity index (χ3v) is 1.74. The number of methoxy groups -OCH3 is 1. The van der Waals surface area contributed by atoms with Crippen LogP contribution in [0.15, 0.2) is 23.2 Å². The molecular weight excluding hydrogens is 321 g/mol. The molecule has 0 unspecified atom stereocenters. The summed E-state index contributed by atoms with van der Waals surface area (Å²) in [6.07, 6.45) is -16.4. The van der Waals surface area contributed by atoms with Gasteiger partial charge in [0.1, 0.15) is 5.57 Å². The first-order valence-electron chi connectivity index (χ1n) is 4.19. The molecular formula is C8H3F11O. The molecule has 0 amide bonds. The van der Waals surface area contributed by atoms with E-state index in [1.807, 2.05) is 0 Å². The molecule has 0 fully saturated rings. The fraction of sp³-hybridized carbons (Fsp3) is 0.500. The minimum absolute atomic E-state index is 0.110. The Labute approximate surface area is 103 Å². The average molecular weight is 324 g/mol. The van der Waals surface area contributed by atoms with Gasteiger partial charge in [-0.25, -0.2) is 4.39 Å². The Kier molecular flexibility index (Phi) is 5.07. The molecule has 20 heavy (non-hydrogen) atoms. The van der Waals surface area contributed by atoms with Gasteiger partial charge in [0, 0.05) is 0 Å². The lowest BCUT2D eigenvalue weighted by molar-refractivity contribution is -0.272. The molecule has 0 rings (SSSR count). The first-order chi connectivity index (χ1) is 8.67. The van der Waals surface area contributed by atoms with Gasteiger partial charge in [0.15, 0.2) is 11.6 Å². The molecule has 0 saturated heterocycles. The van der Waals surface area contributed by atoms with Crippen molar-refractivity contribution < 1.29 is 53.0 Å². The van der Waals surface area contributed by atoms with Crippen molar-refractivity contribution in [2.24, 2.45) is 0 Å². The van der Waals surface area contributed by atoms with Crippen molar-refractivity contribution in [2.45, 2.75) is 18.3 Å². The van der Waals surface area contributed by atoms with E-state index in [1.54, 1.807) is 0 Å². The molecule has 0 N–H and O–H groups in total. The average Bonchev–Trinajstić information content (AvgIpc) is 2.20. The third-order valence-electron chi connectivity index (χ3n) is 1.74. The second kappa shape index (κ2) is 5.48. The van der Waals surface area contributed by atoms with Crippen molar-refractivity contribution in [3.63, 3.8) is 0 Å². The van der Waals surface area contributed by atoms with E-state index in [4.69, 9.17) is 0 Å². The molecule has 0 aromatic rings. The Bertz CT molecular complexity index is 421. The summed E-state index contributed by atoms with van der Waals surface area (Å²) in [6.45, 7) is 0. The number of rotatable bonds is 3. The van der Waals surface area contributed by atoms with Crippen LogP contribution >= 0.6 is 0 Å². The van der Waals surface area contributed by atoms with Crippen molar-refractivity contribution in [2.75, 3.05) is 7.11 Å². The summed E-state index contributed by atoms with van der Waals surface area (Å²) in [5.41, 5.74) is -3.54. The molecule has 0 aromatic carbocycles. The largest absolute Gasteiger partial charge is 0.491 e. The third kappa shape index (κ3) is 3.54. The van der Waals surface area contributed by atoms with Crippen molar-refractivity contribution in [3.05, 3.63) is 23.2 Å². The summed E-state index contributed by atoms with van der Waals surface area (Å²) in [7, 11) is 0.110. The van der Waals surface area contributed by atoms with E-state index >= 15 is 0 Å².